The minimum Gasteiger partial charge on any atom is -0.457 e. The SMILES string of the molecule is CN(C)Cc1cccc(NC(=O)c2cc3c(Oc4ccc(NC(=O)C5(C(=O)Nc6ccc(F)cc6)CC5)cc4)ccnc3[nH]2)c1. The van der Waals surface area contributed by atoms with Crippen LogP contribution in [0.2, 0.25) is 0 Å². The molecule has 1 aliphatic rings. The Labute approximate surface area is 258 Å². The first-order valence-corrected chi connectivity index (χ1v) is 14.4. The minimum atomic E-state index is -1.17. The van der Waals surface area contributed by atoms with Crippen molar-refractivity contribution < 1.29 is 23.5 Å². The monoisotopic (exact) mass is 606 g/mol. The zero-order valence-corrected chi connectivity index (χ0v) is 24.7. The average Bonchev–Trinajstić information content (AvgIpc) is 3.71. The van der Waals surface area contributed by atoms with Gasteiger partial charge in [0.05, 0.1) is 5.39 Å². The van der Waals surface area contributed by atoms with Gasteiger partial charge in [0.1, 0.15) is 34.1 Å². The Balaban J connectivity index is 1.10. The second kappa shape index (κ2) is 12.2. The highest BCUT2D eigenvalue weighted by atomic mass is 19.1. The van der Waals surface area contributed by atoms with Gasteiger partial charge in [0.25, 0.3) is 5.91 Å². The number of aromatic nitrogens is 2. The maximum atomic E-state index is 13.2. The van der Waals surface area contributed by atoms with Crippen molar-refractivity contribution in [2.75, 3.05) is 30.0 Å². The van der Waals surface area contributed by atoms with Gasteiger partial charge in [-0.05, 0) is 105 Å². The first-order valence-electron chi connectivity index (χ1n) is 14.4. The van der Waals surface area contributed by atoms with Crippen molar-refractivity contribution in [1.29, 1.82) is 0 Å². The molecule has 11 heteroatoms. The van der Waals surface area contributed by atoms with E-state index in [1.54, 1.807) is 42.6 Å². The number of ether oxygens (including phenoxy) is 1. The largest absolute Gasteiger partial charge is 0.457 e. The summed E-state index contributed by atoms with van der Waals surface area (Å²) in [5, 5.41) is 9.07. The van der Waals surface area contributed by atoms with Crippen molar-refractivity contribution in [3.05, 3.63) is 108 Å². The third kappa shape index (κ3) is 6.68. The quantitative estimate of drug-likeness (QED) is 0.141. The predicted octanol–water partition coefficient (Wildman–Crippen LogP) is 6.17. The van der Waals surface area contributed by atoms with Crippen LogP contribution in [0.25, 0.3) is 11.0 Å². The molecule has 5 aromatic rings. The number of hydrogen-bond donors (Lipinski definition) is 4. The second-order valence-electron chi connectivity index (χ2n) is 11.3. The fraction of sp³-hybridized carbons (Fsp3) is 0.176. The molecular weight excluding hydrogens is 575 g/mol. The van der Waals surface area contributed by atoms with E-state index >= 15 is 0 Å². The summed E-state index contributed by atoms with van der Waals surface area (Å²) < 4.78 is 19.3. The molecule has 45 heavy (non-hydrogen) atoms. The summed E-state index contributed by atoms with van der Waals surface area (Å²) in [6, 6.07) is 23.2. The van der Waals surface area contributed by atoms with Crippen molar-refractivity contribution in [3.63, 3.8) is 0 Å². The van der Waals surface area contributed by atoms with Gasteiger partial charge in [0, 0.05) is 29.8 Å². The van der Waals surface area contributed by atoms with E-state index in [1.165, 1.54) is 24.3 Å². The lowest BCUT2D eigenvalue weighted by Crippen LogP contribution is -2.35. The van der Waals surface area contributed by atoms with Gasteiger partial charge in [0.15, 0.2) is 0 Å². The zero-order chi connectivity index (χ0) is 31.6. The van der Waals surface area contributed by atoms with Crippen LogP contribution < -0.4 is 20.7 Å². The highest BCUT2D eigenvalue weighted by Crippen LogP contribution is 2.47. The Hall–Kier alpha value is -5.55. The highest BCUT2D eigenvalue weighted by molar-refractivity contribution is 6.17. The van der Waals surface area contributed by atoms with E-state index in [0.29, 0.717) is 58.1 Å². The van der Waals surface area contributed by atoms with Crippen LogP contribution in [0.1, 0.15) is 28.9 Å². The summed E-state index contributed by atoms with van der Waals surface area (Å²) in [5.41, 5.74) is 2.36. The molecule has 1 fully saturated rings. The molecule has 0 saturated heterocycles. The second-order valence-corrected chi connectivity index (χ2v) is 11.3. The van der Waals surface area contributed by atoms with Crippen LogP contribution in [0.3, 0.4) is 0 Å². The minimum absolute atomic E-state index is 0.305. The number of pyridine rings is 1. The molecule has 0 aliphatic heterocycles. The Morgan fingerprint density at radius 3 is 2.18 bits per heavy atom. The van der Waals surface area contributed by atoms with E-state index < -0.39 is 23.0 Å². The zero-order valence-electron chi connectivity index (χ0n) is 24.7. The van der Waals surface area contributed by atoms with Gasteiger partial charge < -0.3 is 30.6 Å². The average molecular weight is 607 g/mol. The maximum absolute atomic E-state index is 13.2. The molecule has 0 bridgehead atoms. The number of H-pyrrole nitrogens is 1. The van der Waals surface area contributed by atoms with Gasteiger partial charge in [-0.1, -0.05) is 12.1 Å². The van der Waals surface area contributed by atoms with Crippen LogP contribution in [-0.4, -0.2) is 46.7 Å². The number of hydrogen-bond acceptors (Lipinski definition) is 6. The maximum Gasteiger partial charge on any atom is 0.272 e. The van der Waals surface area contributed by atoms with Gasteiger partial charge in [-0.15, -0.1) is 0 Å². The summed E-state index contributed by atoms with van der Waals surface area (Å²) >= 11 is 0. The van der Waals surface area contributed by atoms with Crippen LogP contribution in [0.5, 0.6) is 11.5 Å². The summed E-state index contributed by atoms with van der Waals surface area (Å²) in [7, 11) is 3.97. The number of halogens is 1. The first kappa shape index (κ1) is 29.5. The van der Waals surface area contributed by atoms with E-state index in [9.17, 15) is 18.8 Å². The van der Waals surface area contributed by atoms with Crippen molar-refractivity contribution in [2.24, 2.45) is 5.41 Å². The van der Waals surface area contributed by atoms with E-state index in [1.807, 2.05) is 38.4 Å². The summed E-state index contributed by atoms with van der Waals surface area (Å²) in [6.45, 7) is 0.755. The number of nitrogens with zero attached hydrogens (tertiary/aromatic N) is 2. The summed E-state index contributed by atoms with van der Waals surface area (Å²) in [6.07, 6.45) is 2.43. The molecule has 3 aromatic carbocycles. The van der Waals surface area contributed by atoms with E-state index in [-0.39, 0.29) is 5.91 Å². The molecule has 0 radical (unpaired) electrons. The standard InChI is InChI=1S/C34H31FN6O4/c1-41(2)20-21-4-3-5-25(18-21)37-31(42)28-19-27-29(14-17-36-30(27)40-28)45-26-12-10-24(11-13-26)39-33(44)34(15-16-34)32(43)38-23-8-6-22(35)7-9-23/h3-14,17-19H,15-16,20H2,1-2H3,(H,36,40)(H,37,42)(H,38,43)(H,39,44). The number of amides is 3. The molecule has 10 nitrogen and oxygen atoms in total. The lowest BCUT2D eigenvalue weighted by molar-refractivity contribution is -0.131. The van der Waals surface area contributed by atoms with Crippen molar-refractivity contribution >= 4 is 45.8 Å². The number of nitrogens with one attached hydrogen (secondary N) is 4. The molecule has 2 aromatic heterocycles. The lowest BCUT2D eigenvalue weighted by atomic mass is 10.0. The fourth-order valence-corrected chi connectivity index (χ4v) is 4.98. The van der Waals surface area contributed by atoms with E-state index in [2.05, 4.69) is 30.8 Å². The summed E-state index contributed by atoms with van der Waals surface area (Å²) in [5.74, 6) is -0.554. The molecule has 4 N–H and O–H groups in total. The van der Waals surface area contributed by atoms with Gasteiger partial charge in [-0.3, -0.25) is 14.4 Å². The highest BCUT2D eigenvalue weighted by Gasteiger charge is 2.56. The topological polar surface area (TPSA) is 128 Å². The molecular formula is C34H31FN6O4. The molecule has 3 amide bonds. The number of carbonyl (C=O) groups is 3. The normalized spacial score (nSPS) is 13.3. The molecule has 6 rings (SSSR count). The smallest absolute Gasteiger partial charge is 0.272 e. The van der Waals surface area contributed by atoms with Gasteiger partial charge >= 0.3 is 0 Å². The number of carbonyl (C=O) groups excluding carboxylic acids is 3. The van der Waals surface area contributed by atoms with Crippen LogP contribution >= 0.6 is 0 Å². The Morgan fingerprint density at radius 2 is 1.53 bits per heavy atom. The number of anilines is 3. The number of benzene rings is 3. The molecule has 0 atom stereocenters. The van der Waals surface area contributed by atoms with Crippen LogP contribution in [-0.2, 0) is 16.1 Å². The Morgan fingerprint density at radius 1 is 0.867 bits per heavy atom. The van der Waals surface area contributed by atoms with E-state index in [4.69, 9.17) is 4.74 Å². The lowest BCUT2D eigenvalue weighted by Gasteiger charge is -2.16. The Kier molecular flexibility index (Phi) is 8.01. The van der Waals surface area contributed by atoms with Crippen molar-refractivity contribution in [1.82, 2.24) is 14.9 Å². The number of aromatic amines is 1. The molecule has 0 unspecified atom stereocenters. The number of rotatable bonds is 10. The predicted molar refractivity (Wildman–Crippen MR) is 170 cm³/mol. The fourth-order valence-electron chi connectivity index (χ4n) is 4.98. The molecule has 2 heterocycles. The first-order chi connectivity index (χ1) is 21.7. The van der Waals surface area contributed by atoms with Crippen molar-refractivity contribution in [2.45, 2.75) is 19.4 Å². The van der Waals surface area contributed by atoms with Gasteiger partial charge in [-0.25, -0.2) is 9.37 Å². The number of fused-ring (bicyclic) bond motifs is 1. The molecule has 228 valence electrons. The van der Waals surface area contributed by atoms with Gasteiger partial charge in [-0.2, -0.15) is 0 Å². The third-order valence-corrected chi connectivity index (χ3v) is 7.48. The third-order valence-electron chi connectivity index (χ3n) is 7.48. The summed E-state index contributed by atoms with van der Waals surface area (Å²) in [4.78, 5) is 48.4. The Bertz CT molecular complexity index is 1880. The molecule has 1 aliphatic carbocycles. The van der Waals surface area contributed by atoms with E-state index in [0.717, 1.165) is 12.1 Å². The van der Waals surface area contributed by atoms with Crippen LogP contribution in [0.4, 0.5) is 21.5 Å². The van der Waals surface area contributed by atoms with Crippen LogP contribution in [0, 0.1) is 11.2 Å². The molecule has 0 spiro atoms. The van der Waals surface area contributed by atoms with Crippen LogP contribution in [0.15, 0.2) is 91.1 Å². The van der Waals surface area contributed by atoms with Gasteiger partial charge in [0.2, 0.25) is 11.8 Å². The molecule has 1 saturated carbocycles. The van der Waals surface area contributed by atoms with Crippen molar-refractivity contribution in [3.8, 4) is 11.5 Å².